The molecule has 1 N–H and O–H groups in total. The largest absolute Gasteiger partial charge is 0.379 e. The van der Waals surface area contributed by atoms with Gasteiger partial charge in [0.15, 0.2) is 4.96 Å². The highest BCUT2D eigenvalue weighted by molar-refractivity contribution is 9.10. The van der Waals surface area contributed by atoms with Crippen molar-refractivity contribution in [2.24, 2.45) is 0 Å². The van der Waals surface area contributed by atoms with E-state index in [0.29, 0.717) is 5.02 Å². The third-order valence-corrected chi connectivity index (χ3v) is 5.23. The van der Waals surface area contributed by atoms with E-state index >= 15 is 0 Å². The molecule has 104 valence electrons. The molecule has 1 aromatic carbocycles. The second kappa shape index (κ2) is 5.39. The van der Waals surface area contributed by atoms with Crippen LogP contribution < -0.4 is 5.32 Å². The Bertz CT molecular complexity index is 778. The first-order chi connectivity index (χ1) is 9.54. The van der Waals surface area contributed by atoms with Crippen LogP contribution in [0.2, 0.25) is 5.02 Å². The van der Waals surface area contributed by atoms with Gasteiger partial charge in [0.2, 0.25) is 0 Å². The van der Waals surface area contributed by atoms with Crippen molar-refractivity contribution in [2.75, 3.05) is 5.32 Å². The number of nitrogens with one attached hydrogen (secondary N) is 1. The molecule has 3 aromatic rings. The molecule has 0 amide bonds. The molecule has 0 spiro atoms. The van der Waals surface area contributed by atoms with Crippen LogP contribution in [0.15, 0.2) is 28.9 Å². The third-order valence-electron chi connectivity index (χ3n) is 3.12. The van der Waals surface area contributed by atoms with Gasteiger partial charge in [-0.25, -0.2) is 4.98 Å². The fraction of sp³-hybridized carbons (Fsp3) is 0.214. The third kappa shape index (κ3) is 2.57. The number of aromatic nitrogens is 2. The van der Waals surface area contributed by atoms with Crippen LogP contribution in [0, 0.1) is 13.8 Å². The molecule has 0 unspecified atom stereocenters. The van der Waals surface area contributed by atoms with Crippen LogP contribution in [-0.4, -0.2) is 9.38 Å². The zero-order chi connectivity index (χ0) is 14.3. The van der Waals surface area contributed by atoms with E-state index in [1.165, 1.54) is 10.6 Å². The Morgan fingerprint density at radius 2 is 2.20 bits per heavy atom. The van der Waals surface area contributed by atoms with Crippen LogP contribution in [0.4, 0.5) is 5.69 Å². The molecule has 6 heteroatoms. The predicted octanol–water partition coefficient (Wildman–Crippen LogP) is 5.04. The second-order valence-electron chi connectivity index (χ2n) is 4.62. The van der Waals surface area contributed by atoms with Gasteiger partial charge in [-0.15, -0.1) is 11.3 Å². The van der Waals surface area contributed by atoms with Crippen LogP contribution in [-0.2, 0) is 6.54 Å². The van der Waals surface area contributed by atoms with Crippen LogP contribution in [0.3, 0.4) is 0 Å². The van der Waals surface area contributed by atoms with Crippen molar-refractivity contribution in [3.05, 3.63) is 50.2 Å². The molecule has 0 aliphatic rings. The van der Waals surface area contributed by atoms with Gasteiger partial charge < -0.3 is 5.32 Å². The van der Waals surface area contributed by atoms with Crippen molar-refractivity contribution in [1.82, 2.24) is 9.38 Å². The van der Waals surface area contributed by atoms with Gasteiger partial charge >= 0.3 is 0 Å². The Balaban J connectivity index is 1.85. The van der Waals surface area contributed by atoms with Crippen molar-refractivity contribution in [2.45, 2.75) is 20.4 Å². The standard InChI is InChI=1S/C14H13BrClN3S/c1-8-7-19-13(9(2)18-14(19)20-8)6-17-10-3-4-12(16)11(15)5-10/h3-5,7,17H,6H2,1-2H3. The number of nitrogens with zero attached hydrogens (tertiary/aromatic N) is 2. The van der Waals surface area contributed by atoms with Crippen molar-refractivity contribution in [3.63, 3.8) is 0 Å². The zero-order valence-corrected chi connectivity index (χ0v) is 14.2. The highest BCUT2D eigenvalue weighted by Gasteiger charge is 2.10. The van der Waals surface area contributed by atoms with Crippen molar-refractivity contribution in [1.29, 1.82) is 0 Å². The van der Waals surface area contributed by atoms with E-state index in [4.69, 9.17) is 11.6 Å². The fourth-order valence-electron chi connectivity index (χ4n) is 2.11. The number of aryl methyl sites for hydroxylation is 2. The first kappa shape index (κ1) is 13.9. The lowest BCUT2D eigenvalue weighted by atomic mass is 10.3. The average molecular weight is 371 g/mol. The normalized spacial score (nSPS) is 11.2. The van der Waals surface area contributed by atoms with Gasteiger partial charge in [-0.1, -0.05) is 11.6 Å². The minimum absolute atomic E-state index is 0.715. The fourth-order valence-corrected chi connectivity index (χ4v) is 3.50. The summed E-state index contributed by atoms with van der Waals surface area (Å²) in [7, 11) is 0. The molecule has 2 aromatic heterocycles. The van der Waals surface area contributed by atoms with Gasteiger partial charge in [-0.3, -0.25) is 4.40 Å². The lowest BCUT2D eigenvalue weighted by Crippen LogP contribution is -2.03. The van der Waals surface area contributed by atoms with Crippen molar-refractivity contribution < 1.29 is 0 Å². The van der Waals surface area contributed by atoms with E-state index in [1.807, 2.05) is 25.1 Å². The number of hydrogen-bond donors (Lipinski definition) is 1. The maximum absolute atomic E-state index is 6.00. The van der Waals surface area contributed by atoms with E-state index in [2.05, 4.69) is 43.8 Å². The van der Waals surface area contributed by atoms with E-state index in [1.54, 1.807) is 11.3 Å². The summed E-state index contributed by atoms with van der Waals surface area (Å²) in [6, 6.07) is 5.83. The van der Waals surface area contributed by atoms with E-state index < -0.39 is 0 Å². The smallest absolute Gasteiger partial charge is 0.194 e. The molecule has 2 heterocycles. The maximum atomic E-state index is 6.00. The summed E-state index contributed by atoms with van der Waals surface area (Å²) in [6.07, 6.45) is 2.13. The summed E-state index contributed by atoms with van der Waals surface area (Å²) in [5.74, 6) is 0. The summed E-state index contributed by atoms with van der Waals surface area (Å²) in [5, 5.41) is 4.13. The van der Waals surface area contributed by atoms with Crippen molar-refractivity contribution in [3.8, 4) is 0 Å². The highest BCUT2D eigenvalue weighted by atomic mass is 79.9. The molecule has 0 radical (unpaired) electrons. The molecule has 0 bridgehead atoms. The number of fused-ring (bicyclic) bond motifs is 1. The first-order valence-corrected chi connectivity index (χ1v) is 8.16. The number of halogens is 2. The minimum atomic E-state index is 0.715. The van der Waals surface area contributed by atoms with E-state index in [0.717, 1.165) is 27.4 Å². The predicted molar refractivity (Wildman–Crippen MR) is 89.0 cm³/mol. The quantitative estimate of drug-likeness (QED) is 0.700. The van der Waals surface area contributed by atoms with Crippen LogP contribution >= 0.6 is 38.9 Å². The molecule has 3 rings (SSSR count). The van der Waals surface area contributed by atoms with Gasteiger partial charge in [0, 0.05) is 21.2 Å². The maximum Gasteiger partial charge on any atom is 0.194 e. The Morgan fingerprint density at radius 1 is 1.40 bits per heavy atom. The molecule has 0 saturated carbocycles. The summed E-state index contributed by atoms with van der Waals surface area (Å²) >= 11 is 11.1. The molecular formula is C14H13BrClN3S. The van der Waals surface area contributed by atoms with Gasteiger partial charge in [-0.05, 0) is 48.0 Å². The molecule has 0 aliphatic carbocycles. The van der Waals surface area contributed by atoms with Crippen LogP contribution in [0.25, 0.3) is 4.96 Å². The topological polar surface area (TPSA) is 29.3 Å². The van der Waals surface area contributed by atoms with E-state index in [9.17, 15) is 0 Å². The zero-order valence-electron chi connectivity index (χ0n) is 11.1. The number of benzene rings is 1. The molecule has 3 nitrogen and oxygen atoms in total. The van der Waals surface area contributed by atoms with Crippen molar-refractivity contribution >= 4 is 49.5 Å². The van der Waals surface area contributed by atoms with Crippen LogP contribution in [0.1, 0.15) is 16.3 Å². The first-order valence-electron chi connectivity index (χ1n) is 6.17. The van der Waals surface area contributed by atoms with E-state index in [-0.39, 0.29) is 0 Å². The average Bonchev–Trinajstić information content (AvgIpc) is 2.87. The minimum Gasteiger partial charge on any atom is -0.379 e. The Morgan fingerprint density at radius 3 is 2.95 bits per heavy atom. The Labute approximate surface area is 134 Å². The highest BCUT2D eigenvalue weighted by Crippen LogP contribution is 2.26. The monoisotopic (exact) mass is 369 g/mol. The molecule has 20 heavy (non-hydrogen) atoms. The Hall–Kier alpha value is -1.04. The van der Waals surface area contributed by atoms with Gasteiger partial charge in [0.05, 0.1) is 23.0 Å². The lowest BCUT2D eigenvalue weighted by molar-refractivity contribution is 0.991. The number of rotatable bonds is 3. The molecule has 0 atom stereocenters. The van der Waals surface area contributed by atoms with Crippen LogP contribution in [0.5, 0.6) is 0 Å². The number of imidazole rings is 1. The summed E-state index contributed by atoms with van der Waals surface area (Å²) < 4.78 is 3.05. The number of thiazole rings is 1. The lowest BCUT2D eigenvalue weighted by Gasteiger charge is -2.08. The Kier molecular flexibility index (Phi) is 3.75. The summed E-state index contributed by atoms with van der Waals surface area (Å²) in [6.45, 7) is 4.88. The molecular weight excluding hydrogens is 358 g/mol. The molecule has 0 aliphatic heterocycles. The molecule has 0 fully saturated rings. The second-order valence-corrected chi connectivity index (χ2v) is 7.10. The number of anilines is 1. The molecule has 0 saturated heterocycles. The number of hydrogen-bond acceptors (Lipinski definition) is 3. The van der Waals surface area contributed by atoms with Gasteiger partial charge in [0.25, 0.3) is 0 Å². The van der Waals surface area contributed by atoms with Gasteiger partial charge in [-0.2, -0.15) is 0 Å². The summed E-state index contributed by atoms with van der Waals surface area (Å²) in [4.78, 5) is 6.91. The SMILES string of the molecule is Cc1cn2c(CNc3ccc(Cl)c(Br)c3)c(C)nc2s1. The van der Waals surface area contributed by atoms with Gasteiger partial charge in [0.1, 0.15) is 0 Å². The summed E-state index contributed by atoms with van der Waals surface area (Å²) in [5.41, 5.74) is 3.29.